The highest BCUT2D eigenvalue weighted by atomic mass is 15.3. The van der Waals surface area contributed by atoms with Crippen molar-refractivity contribution in [1.29, 1.82) is 0 Å². The maximum Gasteiger partial charge on any atom is 0.130 e. The van der Waals surface area contributed by atoms with Gasteiger partial charge in [-0.05, 0) is 177 Å². The van der Waals surface area contributed by atoms with E-state index in [2.05, 4.69) is 333 Å². The maximum absolute atomic E-state index is 3.84. The van der Waals surface area contributed by atoms with E-state index in [1.165, 1.54) is 105 Å². The largest absolute Gasteiger partial charge is 0.359 e. The van der Waals surface area contributed by atoms with Gasteiger partial charge in [-0.1, -0.05) is 182 Å². The summed E-state index contributed by atoms with van der Waals surface area (Å²) in [5.74, 6) is 0. The molecule has 1 aliphatic rings. The van der Waals surface area contributed by atoms with Crippen LogP contribution in [0.2, 0.25) is 0 Å². The van der Waals surface area contributed by atoms with Gasteiger partial charge in [0.2, 0.25) is 0 Å². The lowest BCUT2D eigenvalue weighted by Crippen LogP contribution is -2.23. The molecule has 1 unspecified atom stereocenters. The molecule has 0 bridgehead atoms. The second-order valence-corrected chi connectivity index (χ2v) is 22.2. The number of anilines is 3. The molecule has 0 spiro atoms. The number of benzene rings is 13. The van der Waals surface area contributed by atoms with E-state index in [0.29, 0.717) is 0 Å². The first-order valence-electron chi connectivity index (χ1n) is 28.9. The maximum atomic E-state index is 3.84. The SMILES string of the molecule is c1ccc(-c2ccc3c(c2)c2cc(-c4ccc5c(c4)c4cc(-c6ccccc6)ccc4n5-c4ccc5c(c4)c4cc(-c6ccccc6)ccc4n5-c4ccccc4)ccc2n3-c2ccc(C3Nc4ccccc4N3c3ccccc3)cc2)cc1. The minimum Gasteiger partial charge on any atom is -0.359 e. The summed E-state index contributed by atoms with van der Waals surface area (Å²) in [4.78, 5) is 2.40. The second kappa shape index (κ2) is 19.3. The molecule has 13 aromatic carbocycles. The van der Waals surface area contributed by atoms with Crippen LogP contribution < -0.4 is 10.2 Å². The number of hydrogen-bond acceptors (Lipinski definition) is 2. The first-order valence-corrected chi connectivity index (χ1v) is 28.9. The topological polar surface area (TPSA) is 30.1 Å². The summed E-state index contributed by atoms with van der Waals surface area (Å²) < 4.78 is 7.33. The number of fused-ring (bicyclic) bond motifs is 10. The third kappa shape index (κ3) is 7.70. The molecule has 1 N–H and O–H groups in total. The fourth-order valence-electron chi connectivity index (χ4n) is 13.5. The van der Waals surface area contributed by atoms with E-state index in [9.17, 15) is 0 Å². The Bertz CT molecular complexity index is 5200. The van der Waals surface area contributed by atoms with E-state index in [0.717, 1.165) is 45.0 Å². The van der Waals surface area contributed by atoms with Crippen molar-refractivity contribution in [3.63, 3.8) is 0 Å². The Morgan fingerprint density at radius 3 is 0.964 bits per heavy atom. The van der Waals surface area contributed by atoms with Crippen molar-refractivity contribution in [2.24, 2.45) is 0 Å². The van der Waals surface area contributed by atoms with E-state index < -0.39 is 0 Å². The van der Waals surface area contributed by atoms with Crippen LogP contribution in [0.5, 0.6) is 0 Å². The standard InChI is InChI=1S/C79H53N5/c1-6-18-52(19-7-1)56-32-40-72-65(46-56)67-49-59(35-43-73(67)82(72)63-37-30-55(31-38-63)79-80-71-28-16-17-29-78(71)84(79)62-26-14-5-15-27-62)60-36-44-76-68(50-60)66-47-57(53-20-8-2-9-21-53)34-42-75(66)83(76)64-39-45-77-70(51-64)69-48-58(54-22-10-3-11-23-54)33-41-74(69)81(77)61-24-12-4-13-25-61/h1-51,79-80H. The third-order valence-electron chi connectivity index (χ3n) is 17.4. The van der Waals surface area contributed by atoms with Gasteiger partial charge in [-0.2, -0.15) is 0 Å². The zero-order valence-corrected chi connectivity index (χ0v) is 45.8. The van der Waals surface area contributed by atoms with E-state index in [1.807, 2.05) is 0 Å². The Hall–Kier alpha value is -11.1. The van der Waals surface area contributed by atoms with Gasteiger partial charge in [-0.3, -0.25) is 0 Å². The lowest BCUT2D eigenvalue weighted by atomic mass is 9.98. The molecule has 394 valence electrons. The van der Waals surface area contributed by atoms with Gasteiger partial charge in [0, 0.05) is 55.1 Å². The second-order valence-electron chi connectivity index (χ2n) is 22.2. The molecule has 0 radical (unpaired) electrons. The van der Waals surface area contributed by atoms with Crippen LogP contribution in [0.15, 0.2) is 309 Å². The van der Waals surface area contributed by atoms with Crippen LogP contribution in [0.4, 0.5) is 17.1 Å². The van der Waals surface area contributed by atoms with Crippen molar-refractivity contribution in [2.45, 2.75) is 6.17 Å². The lowest BCUT2D eigenvalue weighted by molar-refractivity contribution is 0.827. The van der Waals surface area contributed by atoms with Crippen LogP contribution in [-0.2, 0) is 0 Å². The normalized spacial score (nSPS) is 13.2. The molecular weight excluding hydrogens is 1020 g/mol. The highest BCUT2D eigenvalue weighted by Gasteiger charge is 2.31. The predicted molar refractivity (Wildman–Crippen MR) is 353 cm³/mol. The van der Waals surface area contributed by atoms with Crippen molar-refractivity contribution < 1.29 is 0 Å². The first-order chi connectivity index (χ1) is 41.6. The smallest absolute Gasteiger partial charge is 0.130 e. The van der Waals surface area contributed by atoms with Crippen molar-refractivity contribution in [1.82, 2.24) is 13.7 Å². The summed E-state index contributed by atoms with van der Waals surface area (Å²) in [6.07, 6.45) is -0.0604. The van der Waals surface area contributed by atoms with Gasteiger partial charge in [0.15, 0.2) is 0 Å². The molecule has 4 heterocycles. The van der Waals surface area contributed by atoms with Gasteiger partial charge in [0.05, 0.1) is 44.5 Å². The molecule has 84 heavy (non-hydrogen) atoms. The Morgan fingerprint density at radius 1 is 0.226 bits per heavy atom. The summed E-state index contributed by atoms with van der Waals surface area (Å²) in [5.41, 5.74) is 24.5. The van der Waals surface area contributed by atoms with Crippen LogP contribution in [-0.4, -0.2) is 13.7 Å². The van der Waals surface area contributed by atoms with Crippen molar-refractivity contribution in [2.75, 3.05) is 10.2 Å². The third-order valence-corrected chi connectivity index (χ3v) is 17.4. The monoisotopic (exact) mass is 1070 g/mol. The Kier molecular flexibility index (Phi) is 10.9. The molecule has 17 rings (SSSR count). The van der Waals surface area contributed by atoms with Gasteiger partial charge in [-0.25, -0.2) is 0 Å². The molecule has 0 saturated carbocycles. The summed E-state index contributed by atoms with van der Waals surface area (Å²) in [5, 5.41) is 11.1. The number of nitrogens with one attached hydrogen (secondary N) is 1. The van der Waals surface area contributed by atoms with Gasteiger partial charge in [0.25, 0.3) is 0 Å². The molecule has 5 nitrogen and oxygen atoms in total. The summed E-state index contributed by atoms with van der Waals surface area (Å²) >= 11 is 0. The van der Waals surface area contributed by atoms with E-state index in [4.69, 9.17) is 0 Å². The van der Waals surface area contributed by atoms with Crippen LogP contribution in [0.3, 0.4) is 0 Å². The molecule has 0 aliphatic carbocycles. The number of para-hydroxylation sites is 4. The molecule has 5 heteroatoms. The van der Waals surface area contributed by atoms with E-state index in [1.54, 1.807) is 0 Å². The van der Waals surface area contributed by atoms with Gasteiger partial charge < -0.3 is 23.9 Å². The van der Waals surface area contributed by atoms with Gasteiger partial charge in [-0.15, -0.1) is 0 Å². The minimum atomic E-state index is -0.0604. The molecular formula is C79H53N5. The molecule has 1 aliphatic heterocycles. The number of aromatic nitrogens is 3. The van der Waals surface area contributed by atoms with Crippen LogP contribution in [0, 0.1) is 0 Å². The summed E-state index contributed by atoms with van der Waals surface area (Å²) in [7, 11) is 0. The fourth-order valence-corrected chi connectivity index (χ4v) is 13.5. The molecule has 1 atom stereocenters. The Morgan fingerprint density at radius 2 is 0.536 bits per heavy atom. The molecule has 0 amide bonds. The highest BCUT2D eigenvalue weighted by Crippen LogP contribution is 2.47. The fraction of sp³-hybridized carbons (Fsp3) is 0.0127. The van der Waals surface area contributed by atoms with Gasteiger partial charge in [0.1, 0.15) is 6.17 Å². The first kappa shape index (κ1) is 47.6. The lowest BCUT2D eigenvalue weighted by Gasteiger charge is -2.27. The average Bonchev–Trinajstić information content (AvgIpc) is 3.08. The molecule has 3 aromatic heterocycles. The number of hydrogen-bond donors (Lipinski definition) is 1. The predicted octanol–water partition coefficient (Wildman–Crippen LogP) is 20.9. The summed E-state index contributed by atoms with van der Waals surface area (Å²) in [6.45, 7) is 0. The highest BCUT2D eigenvalue weighted by molar-refractivity contribution is 6.15. The van der Waals surface area contributed by atoms with Crippen LogP contribution in [0.1, 0.15) is 11.7 Å². The Labute approximate surface area is 486 Å². The molecule has 16 aromatic rings. The van der Waals surface area contributed by atoms with E-state index >= 15 is 0 Å². The average molecular weight is 1070 g/mol. The van der Waals surface area contributed by atoms with Crippen LogP contribution in [0.25, 0.3) is 127 Å². The quantitative estimate of drug-likeness (QED) is 0.156. The van der Waals surface area contributed by atoms with Crippen LogP contribution >= 0.6 is 0 Å². The number of rotatable bonds is 9. The van der Waals surface area contributed by atoms with Crippen molar-refractivity contribution in [3.8, 4) is 61.6 Å². The zero-order valence-electron chi connectivity index (χ0n) is 45.8. The minimum absolute atomic E-state index is 0.0604. The molecule has 0 saturated heterocycles. The zero-order chi connectivity index (χ0) is 55.2. The number of nitrogens with zero attached hydrogens (tertiary/aromatic N) is 4. The summed E-state index contributed by atoms with van der Waals surface area (Å²) in [6, 6.07) is 114. The van der Waals surface area contributed by atoms with E-state index in [-0.39, 0.29) is 6.17 Å². The van der Waals surface area contributed by atoms with Crippen molar-refractivity contribution in [3.05, 3.63) is 315 Å². The van der Waals surface area contributed by atoms with Crippen molar-refractivity contribution >= 4 is 82.5 Å². The molecule has 0 fully saturated rings. The van der Waals surface area contributed by atoms with Gasteiger partial charge >= 0.3 is 0 Å². The Balaban J connectivity index is 0.823.